The lowest BCUT2D eigenvalue weighted by Gasteiger charge is -2.20. The zero-order valence-electron chi connectivity index (χ0n) is 12.9. The lowest BCUT2D eigenvalue weighted by Crippen LogP contribution is -2.34. The summed E-state index contributed by atoms with van der Waals surface area (Å²) >= 11 is 0. The Morgan fingerprint density at radius 2 is 2.00 bits per heavy atom. The van der Waals surface area contributed by atoms with Crippen LogP contribution < -0.4 is 0 Å². The molecule has 1 fully saturated rings. The van der Waals surface area contributed by atoms with Gasteiger partial charge < -0.3 is 19.5 Å². The second kappa shape index (κ2) is 9.15. The second-order valence-electron chi connectivity index (χ2n) is 5.94. The van der Waals surface area contributed by atoms with Crippen molar-refractivity contribution >= 4 is 0 Å². The van der Waals surface area contributed by atoms with Crippen molar-refractivity contribution in [1.82, 2.24) is 4.90 Å². The van der Waals surface area contributed by atoms with Crippen LogP contribution in [-0.4, -0.2) is 56.1 Å². The predicted molar refractivity (Wildman–Crippen MR) is 83.1 cm³/mol. The quantitative estimate of drug-likeness (QED) is 0.633. The summed E-state index contributed by atoms with van der Waals surface area (Å²) < 4.78 is 11.1. The van der Waals surface area contributed by atoms with Crippen LogP contribution in [0.3, 0.4) is 0 Å². The highest BCUT2D eigenvalue weighted by Gasteiger charge is 2.21. The van der Waals surface area contributed by atoms with Crippen LogP contribution in [0, 0.1) is 5.92 Å². The van der Waals surface area contributed by atoms with Gasteiger partial charge in [-0.3, -0.25) is 0 Å². The molecule has 0 saturated heterocycles. The van der Waals surface area contributed by atoms with Crippen LogP contribution in [0.1, 0.15) is 18.4 Å². The van der Waals surface area contributed by atoms with E-state index in [2.05, 4.69) is 4.90 Å². The third-order valence-corrected chi connectivity index (χ3v) is 3.61. The third kappa shape index (κ3) is 7.58. The molecule has 4 nitrogen and oxygen atoms in total. The molecule has 1 saturated carbocycles. The van der Waals surface area contributed by atoms with Gasteiger partial charge in [0.05, 0.1) is 25.9 Å². The lowest BCUT2D eigenvalue weighted by molar-refractivity contribution is 0.00892. The van der Waals surface area contributed by atoms with E-state index in [1.807, 2.05) is 37.4 Å². The summed E-state index contributed by atoms with van der Waals surface area (Å²) in [6.45, 7) is 4.01. The van der Waals surface area contributed by atoms with E-state index in [1.165, 1.54) is 12.8 Å². The maximum absolute atomic E-state index is 9.94. The summed E-state index contributed by atoms with van der Waals surface area (Å²) in [5.41, 5.74) is 1.13. The van der Waals surface area contributed by atoms with Crippen LogP contribution >= 0.6 is 0 Å². The Balaban J connectivity index is 1.48. The molecule has 1 aromatic carbocycles. The zero-order valence-corrected chi connectivity index (χ0v) is 12.9. The molecule has 21 heavy (non-hydrogen) atoms. The van der Waals surface area contributed by atoms with Gasteiger partial charge in [0.25, 0.3) is 0 Å². The Labute approximate surface area is 127 Å². The van der Waals surface area contributed by atoms with Crippen LogP contribution in [0.5, 0.6) is 0 Å². The molecule has 1 aliphatic carbocycles. The molecule has 0 heterocycles. The van der Waals surface area contributed by atoms with Crippen molar-refractivity contribution in [3.05, 3.63) is 35.9 Å². The van der Waals surface area contributed by atoms with Gasteiger partial charge in [-0.25, -0.2) is 0 Å². The molecular weight excluding hydrogens is 266 g/mol. The van der Waals surface area contributed by atoms with Crippen LogP contribution in [0.2, 0.25) is 0 Å². The highest BCUT2D eigenvalue weighted by Crippen LogP contribution is 2.28. The fraction of sp³-hybridized carbons (Fsp3) is 0.647. The first-order chi connectivity index (χ1) is 10.2. The summed E-state index contributed by atoms with van der Waals surface area (Å²) in [6.07, 6.45) is 2.20. The zero-order chi connectivity index (χ0) is 14.9. The lowest BCUT2D eigenvalue weighted by atomic mass is 10.2. The van der Waals surface area contributed by atoms with Crippen LogP contribution in [0.15, 0.2) is 30.3 Å². The van der Waals surface area contributed by atoms with Gasteiger partial charge in [-0.05, 0) is 31.4 Å². The van der Waals surface area contributed by atoms with Crippen molar-refractivity contribution in [2.45, 2.75) is 25.6 Å². The first-order valence-corrected chi connectivity index (χ1v) is 7.80. The molecule has 0 aromatic heterocycles. The highest BCUT2D eigenvalue weighted by molar-refractivity contribution is 5.13. The molecule has 1 aliphatic rings. The Morgan fingerprint density at radius 1 is 1.24 bits per heavy atom. The Morgan fingerprint density at radius 3 is 2.71 bits per heavy atom. The number of hydrogen-bond donors (Lipinski definition) is 1. The van der Waals surface area contributed by atoms with E-state index >= 15 is 0 Å². The minimum atomic E-state index is -0.456. The molecule has 0 radical (unpaired) electrons. The number of hydrogen-bond acceptors (Lipinski definition) is 4. The van der Waals surface area contributed by atoms with Gasteiger partial charge >= 0.3 is 0 Å². The van der Waals surface area contributed by atoms with Crippen LogP contribution in [-0.2, 0) is 16.1 Å². The van der Waals surface area contributed by atoms with E-state index < -0.39 is 6.10 Å². The fourth-order valence-electron chi connectivity index (χ4n) is 2.15. The minimum Gasteiger partial charge on any atom is -0.389 e. The summed E-state index contributed by atoms with van der Waals surface area (Å²) in [6, 6.07) is 10.0. The van der Waals surface area contributed by atoms with Gasteiger partial charge in [0.1, 0.15) is 0 Å². The maximum atomic E-state index is 9.94. The molecule has 4 heteroatoms. The average Bonchev–Trinajstić information content (AvgIpc) is 3.29. The molecule has 1 N–H and O–H groups in total. The number of aliphatic hydroxyl groups excluding tert-OH is 1. The van der Waals surface area contributed by atoms with Gasteiger partial charge in [0.2, 0.25) is 0 Å². The smallest absolute Gasteiger partial charge is 0.0900 e. The minimum absolute atomic E-state index is 0.363. The van der Waals surface area contributed by atoms with E-state index in [-0.39, 0.29) is 0 Å². The van der Waals surface area contributed by atoms with Gasteiger partial charge in [0.15, 0.2) is 0 Å². The highest BCUT2D eigenvalue weighted by atomic mass is 16.5. The fourth-order valence-corrected chi connectivity index (χ4v) is 2.15. The van der Waals surface area contributed by atoms with E-state index in [0.717, 1.165) is 31.2 Å². The average molecular weight is 293 g/mol. The molecule has 2 rings (SSSR count). The summed E-state index contributed by atoms with van der Waals surface area (Å²) in [5.74, 6) is 0.812. The second-order valence-corrected chi connectivity index (χ2v) is 5.94. The van der Waals surface area contributed by atoms with Gasteiger partial charge in [-0.2, -0.15) is 0 Å². The van der Waals surface area contributed by atoms with Crippen molar-refractivity contribution in [2.75, 3.05) is 40.0 Å². The number of ether oxygens (including phenoxy) is 2. The molecule has 1 aromatic rings. The number of rotatable bonds is 11. The first-order valence-electron chi connectivity index (χ1n) is 7.80. The topological polar surface area (TPSA) is 41.9 Å². The summed E-state index contributed by atoms with van der Waals surface area (Å²) in [4.78, 5) is 2.09. The van der Waals surface area contributed by atoms with E-state index in [9.17, 15) is 5.11 Å². The van der Waals surface area contributed by atoms with Crippen molar-refractivity contribution < 1.29 is 14.6 Å². The van der Waals surface area contributed by atoms with Crippen LogP contribution in [0.25, 0.3) is 0 Å². The summed E-state index contributed by atoms with van der Waals surface area (Å²) in [7, 11) is 2.00. The number of likely N-dealkylation sites (N-methyl/N-ethyl adjacent to an activating group) is 1. The van der Waals surface area contributed by atoms with Crippen molar-refractivity contribution in [3.63, 3.8) is 0 Å². The van der Waals surface area contributed by atoms with E-state index in [0.29, 0.717) is 19.8 Å². The van der Waals surface area contributed by atoms with Crippen molar-refractivity contribution in [2.24, 2.45) is 5.92 Å². The normalized spacial score (nSPS) is 16.3. The maximum Gasteiger partial charge on any atom is 0.0900 e. The number of aliphatic hydroxyl groups is 1. The SMILES string of the molecule is CN(CCOCC1CC1)CC(O)COCc1ccccc1. The number of nitrogens with zero attached hydrogens (tertiary/aromatic N) is 1. The Bertz CT molecular complexity index is 381. The van der Waals surface area contributed by atoms with E-state index in [4.69, 9.17) is 9.47 Å². The van der Waals surface area contributed by atoms with Gasteiger partial charge in [-0.1, -0.05) is 30.3 Å². The first kappa shape index (κ1) is 16.4. The molecule has 1 atom stereocenters. The molecular formula is C17H27NO3. The molecule has 0 aliphatic heterocycles. The molecule has 0 amide bonds. The summed E-state index contributed by atoms with van der Waals surface area (Å²) in [5, 5.41) is 9.94. The van der Waals surface area contributed by atoms with Crippen molar-refractivity contribution in [1.29, 1.82) is 0 Å². The van der Waals surface area contributed by atoms with Crippen LogP contribution in [0.4, 0.5) is 0 Å². The molecule has 118 valence electrons. The van der Waals surface area contributed by atoms with Gasteiger partial charge in [0, 0.05) is 19.7 Å². The largest absolute Gasteiger partial charge is 0.389 e. The monoisotopic (exact) mass is 293 g/mol. The Hall–Kier alpha value is -0.940. The molecule has 0 spiro atoms. The van der Waals surface area contributed by atoms with Crippen molar-refractivity contribution in [3.8, 4) is 0 Å². The molecule has 0 bridgehead atoms. The standard InChI is InChI=1S/C17H27NO3/c1-18(9-10-20-12-16-7-8-16)11-17(19)14-21-13-15-5-3-2-4-6-15/h2-6,16-17,19H,7-14H2,1H3. The van der Waals surface area contributed by atoms with Gasteiger partial charge in [-0.15, -0.1) is 0 Å². The van der Waals surface area contributed by atoms with E-state index in [1.54, 1.807) is 0 Å². The molecule has 1 unspecified atom stereocenters. The predicted octanol–water partition coefficient (Wildman–Crippen LogP) is 1.92. The Kier molecular flexibility index (Phi) is 7.16. The third-order valence-electron chi connectivity index (χ3n) is 3.61. The number of benzene rings is 1.